The fourth-order valence-electron chi connectivity index (χ4n) is 1.54. The topological polar surface area (TPSA) is 102 Å². The van der Waals surface area contributed by atoms with Crippen molar-refractivity contribution in [3.05, 3.63) is 48.2 Å². The van der Waals surface area contributed by atoms with Gasteiger partial charge in [-0.2, -0.15) is 0 Å². The Kier molecular flexibility index (Phi) is 3.71. The highest BCUT2D eigenvalue weighted by Crippen LogP contribution is 2.13. The molecule has 1 aromatic heterocycles. The van der Waals surface area contributed by atoms with E-state index in [2.05, 4.69) is 10.3 Å². The molecule has 0 aliphatic carbocycles. The van der Waals surface area contributed by atoms with Crippen molar-refractivity contribution in [3.63, 3.8) is 0 Å². The van der Waals surface area contributed by atoms with Crippen molar-refractivity contribution < 1.29 is 13.2 Å². The number of hydrogen-bond donors (Lipinski definition) is 2. The van der Waals surface area contributed by atoms with E-state index in [-0.39, 0.29) is 10.8 Å². The van der Waals surface area contributed by atoms with Gasteiger partial charge >= 0.3 is 0 Å². The first-order valence-corrected chi connectivity index (χ1v) is 7.58. The normalized spacial score (nSPS) is 11.1. The first kappa shape index (κ1) is 14.0. The summed E-state index contributed by atoms with van der Waals surface area (Å²) in [6.07, 6.45) is 2.56. The van der Waals surface area contributed by atoms with E-state index in [1.165, 1.54) is 30.5 Å². The summed E-state index contributed by atoms with van der Waals surface area (Å²) in [6, 6.07) is 8.90. The Morgan fingerprint density at radius 1 is 1.15 bits per heavy atom. The number of benzene rings is 1. The first-order chi connectivity index (χ1) is 9.36. The molecule has 0 fully saturated rings. The summed E-state index contributed by atoms with van der Waals surface area (Å²) in [6.45, 7) is 0. The molecule has 0 saturated heterocycles. The number of nitrogen functional groups attached to an aromatic ring is 1. The Balaban J connectivity index is 2.15. The van der Waals surface area contributed by atoms with E-state index in [1.807, 2.05) is 0 Å². The summed E-state index contributed by atoms with van der Waals surface area (Å²) in [5.74, 6) is 0.0112. The van der Waals surface area contributed by atoms with Gasteiger partial charge in [0.05, 0.1) is 16.8 Å². The van der Waals surface area contributed by atoms with Crippen LogP contribution in [0.15, 0.2) is 47.5 Å². The number of sulfone groups is 1. The third kappa shape index (κ3) is 3.33. The Bertz CT molecular complexity index is 722. The Hall–Kier alpha value is -2.41. The monoisotopic (exact) mass is 291 g/mol. The summed E-state index contributed by atoms with van der Waals surface area (Å²) < 4.78 is 22.6. The highest BCUT2D eigenvalue weighted by molar-refractivity contribution is 7.90. The standard InChI is InChI=1S/C13H13N3O3S/c1-20(18,19)11-5-2-9(3-6-11)13(17)16-10-4-7-12(14)15-8-10/h2-8H,1H3,(H2,14,15)(H,16,17). The maximum Gasteiger partial charge on any atom is 0.255 e. The van der Waals surface area contributed by atoms with Gasteiger partial charge in [0.15, 0.2) is 9.84 Å². The van der Waals surface area contributed by atoms with Crippen LogP contribution in [0.3, 0.4) is 0 Å². The number of amides is 1. The lowest BCUT2D eigenvalue weighted by atomic mass is 10.2. The van der Waals surface area contributed by atoms with Crippen LogP contribution >= 0.6 is 0 Å². The number of pyridine rings is 1. The number of aromatic nitrogens is 1. The van der Waals surface area contributed by atoms with Crippen LogP contribution in [0, 0.1) is 0 Å². The second kappa shape index (κ2) is 5.30. The maximum atomic E-state index is 11.9. The molecular formula is C13H13N3O3S. The molecule has 1 heterocycles. The van der Waals surface area contributed by atoms with Crippen LogP contribution < -0.4 is 11.1 Å². The second-order valence-corrected chi connectivity index (χ2v) is 6.24. The Morgan fingerprint density at radius 2 is 1.80 bits per heavy atom. The van der Waals surface area contributed by atoms with Gasteiger partial charge in [0.25, 0.3) is 5.91 Å². The quantitative estimate of drug-likeness (QED) is 0.888. The molecule has 3 N–H and O–H groups in total. The van der Waals surface area contributed by atoms with Gasteiger partial charge in [-0.1, -0.05) is 0 Å². The number of nitrogens with one attached hydrogen (secondary N) is 1. The summed E-state index contributed by atoms with van der Waals surface area (Å²) in [5.41, 5.74) is 6.31. The van der Waals surface area contributed by atoms with E-state index >= 15 is 0 Å². The number of carbonyl (C=O) groups excluding carboxylic acids is 1. The van der Waals surface area contributed by atoms with Gasteiger partial charge in [0.1, 0.15) is 5.82 Å². The van der Waals surface area contributed by atoms with Gasteiger partial charge in [0, 0.05) is 11.8 Å². The molecule has 0 unspecified atom stereocenters. The van der Waals surface area contributed by atoms with Crippen LogP contribution in [0.4, 0.5) is 11.5 Å². The lowest BCUT2D eigenvalue weighted by molar-refractivity contribution is 0.102. The molecule has 2 aromatic rings. The maximum absolute atomic E-state index is 11.9. The molecule has 0 radical (unpaired) electrons. The molecule has 0 aliphatic rings. The van der Waals surface area contributed by atoms with E-state index in [0.717, 1.165) is 6.26 Å². The SMILES string of the molecule is CS(=O)(=O)c1ccc(C(=O)Nc2ccc(N)nc2)cc1. The summed E-state index contributed by atoms with van der Waals surface area (Å²) in [5, 5.41) is 2.64. The van der Waals surface area contributed by atoms with Crippen molar-refractivity contribution in [2.24, 2.45) is 0 Å². The van der Waals surface area contributed by atoms with E-state index < -0.39 is 9.84 Å². The highest BCUT2D eigenvalue weighted by Gasteiger charge is 2.10. The minimum Gasteiger partial charge on any atom is -0.384 e. The van der Waals surface area contributed by atoms with E-state index in [4.69, 9.17) is 5.73 Å². The number of nitrogens with zero attached hydrogens (tertiary/aromatic N) is 1. The molecule has 1 amide bonds. The van der Waals surface area contributed by atoms with Crippen molar-refractivity contribution in [2.75, 3.05) is 17.3 Å². The summed E-state index contributed by atoms with van der Waals surface area (Å²) >= 11 is 0. The van der Waals surface area contributed by atoms with Crippen LogP contribution in [-0.4, -0.2) is 25.6 Å². The summed E-state index contributed by atoms with van der Waals surface area (Å²) in [7, 11) is -3.26. The van der Waals surface area contributed by atoms with Crippen molar-refractivity contribution in [1.82, 2.24) is 4.98 Å². The number of nitrogens with two attached hydrogens (primary N) is 1. The molecule has 1 aromatic carbocycles. The van der Waals surface area contributed by atoms with Crippen molar-refractivity contribution in [3.8, 4) is 0 Å². The molecule has 0 bridgehead atoms. The zero-order valence-electron chi connectivity index (χ0n) is 10.7. The molecule has 0 spiro atoms. The van der Waals surface area contributed by atoms with Crippen LogP contribution in [0.5, 0.6) is 0 Å². The zero-order chi connectivity index (χ0) is 14.8. The molecule has 0 atom stereocenters. The average molecular weight is 291 g/mol. The van der Waals surface area contributed by atoms with Crippen LogP contribution in [0.1, 0.15) is 10.4 Å². The number of anilines is 2. The molecule has 0 aliphatic heterocycles. The second-order valence-electron chi connectivity index (χ2n) is 4.22. The smallest absolute Gasteiger partial charge is 0.255 e. The Labute approximate surface area is 116 Å². The van der Waals surface area contributed by atoms with Crippen molar-refractivity contribution >= 4 is 27.2 Å². The van der Waals surface area contributed by atoms with E-state index in [1.54, 1.807) is 12.1 Å². The average Bonchev–Trinajstić information content (AvgIpc) is 2.40. The van der Waals surface area contributed by atoms with Gasteiger partial charge in [-0.15, -0.1) is 0 Å². The molecule has 104 valence electrons. The fraction of sp³-hybridized carbons (Fsp3) is 0.0769. The van der Waals surface area contributed by atoms with Gasteiger partial charge in [-0.3, -0.25) is 4.79 Å². The molecule has 20 heavy (non-hydrogen) atoms. The van der Waals surface area contributed by atoms with Crippen LogP contribution in [0.2, 0.25) is 0 Å². The molecule has 0 saturated carbocycles. The molecule has 7 heteroatoms. The van der Waals surface area contributed by atoms with Crippen LogP contribution in [0.25, 0.3) is 0 Å². The van der Waals surface area contributed by atoms with Crippen molar-refractivity contribution in [2.45, 2.75) is 4.90 Å². The third-order valence-corrected chi connectivity index (χ3v) is 3.72. The van der Waals surface area contributed by atoms with Gasteiger partial charge in [-0.25, -0.2) is 13.4 Å². The number of hydrogen-bond acceptors (Lipinski definition) is 5. The lowest BCUT2D eigenvalue weighted by Crippen LogP contribution is -2.12. The number of rotatable bonds is 3. The molecule has 6 nitrogen and oxygen atoms in total. The van der Waals surface area contributed by atoms with Gasteiger partial charge in [0.2, 0.25) is 0 Å². The Morgan fingerprint density at radius 3 is 2.30 bits per heavy atom. The minimum absolute atomic E-state index is 0.170. The van der Waals surface area contributed by atoms with Crippen LogP contribution in [-0.2, 0) is 9.84 Å². The zero-order valence-corrected chi connectivity index (χ0v) is 11.5. The predicted molar refractivity (Wildman–Crippen MR) is 76.2 cm³/mol. The minimum atomic E-state index is -3.26. The summed E-state index contributed by atoms with van der Waals surface area (Å²) in [4.78, 5) is 16.0. The molecular weight excluding hydrogens is 278 g/mol. The third-order valence-electron chi connectivity index (χ3n) is 2.59. The van der Waals surface area contributed by atoms with E-state index in [0.29, 0.717) is 17.1 Å². The van der Waals surface area contributed by atoms with Gasteiger partial charge < -0.3 is 11.1 Å². The van der Waals surface area contributed by atoms with Crippen molar-refractivity contribution in [1.29, 1.82) is 0 Å². The lowest BCUT2D eigenvalue weighted by Gasteiger charge is -2.05. The van der Waals surface area contributed by atoms with E-state index in [9.17, 15) is 13.2 Å². The largest absolute Gasteiger partial charge is 0.384 e. The number of carbonyl (C=O) groups is 1. The van der Waals surface area contributed by atoms with Gasteiger partial charge in [-0.05, 0) is 36.4 Å². The molecule has 2 rings (SSSR count). The highest BCUT2D eigenvalue weighted by atomic mass is 32.2. The first-order valence-electron chi connectivity index (χ1n) is 5.69. The predicted octanol–water partition coefficient (Wildman–Crippen LogP) is 1.32. The fourth-order valence-corrected chi connectivity index (χ4v) is 2.17.